The van der Waals surface area contributed by atoms with Crippen molar-refractivity contribution in [3.05, 3.63) is 77.1 Å². The lowest BCUT2D eigenvalue weighted by molar-refractivity contribution is -0.134. The summed E-state index contributed by atoms with van der Waals surface area (Å²) >= 11 is 1.36. The molecule has 5 rings (SSSR count). The first kappa shape index (κ1) is 24.9. The molecule has 12 heteroatoms. The zero-order chi connectivity index (χ0) is 26.4. The van der Waals surface area contributed by atoms with Crippen LogP contribution in [0.15, 0.2) is 65.1 Å². The maximum Gasteiger partial charge on any atom is 0.408 e. The molecule has 1 aliphatic heterocycles. The van der Waals surface area contributed by atoms with Crippen LogP contribution in [0.4, 0.5) is 4.79 Å². The van der Waals surface area contributed by atoms with Crippen LogP contribution < -0.4 is 5.32 Å². The lowest BCUT2D eigenvalue weighted by atomic mass is 10.1. The van der Waals surface area contributed by atoms with Crippen molar-refractivity contribution < 1.29 is 22.7 Å². The highest BCUT2D eigenvalue weighted by Crippen LogP contribution is 2.28. The van der Waals surface area contributed by atoms with E-state index in [1.54, 1.807) is 62.7 Å². The Hall–Kier alpha value is -3.77. The van der Waals surface area contributed by atoms with Crippen molar-refractivity contribution in [1.82, 2.24) is 24.4 Å². The highest BCUT2D eigenvalue weighted by Gasteiger charge is 2.35. The van der Waals surface area contributed by atoms with E-state index in [9.17, 15) is 18.0 Å². The summed E-state index contributed by atoms with van der Waals surface area (Å²) in [5.41, 5.74) is 3.39. The number of hydrogen-bond acceptors (Lipinski definition) is 8. The summed E-state index contributed by atoms with van der Waals surface area (Å²) in [6.45, 7) is 5.51. The Morgan fingerprint density at radius 2 is 1.86 bits per heavy atom. The van der Waals surface area contributed by atoms with Crippen LogP contribution in [0, 0.1) is 0 Å². The van der Waals surface area contributed by atoms with E-state index in [0.717, 1.165) is 14.3 Å². The Balaban J connectivity index is 1.35. The number of fused-ring (bicyclic) bond motifs is 2. The van der Waals surface area contributed by atoms with Crippen LogP contribution >= 0.6 is 11.3 Å². The zero-order valence-electron chi connectivity index (χ0n) is 20.4. The summed E-state index contributed by atoms with van der Waals surface area (Å²) in [6.07, 6.45) is 0.731. The predicted molar refractivity (Wildman–Crippen MR) is 137 cm³/mol. The van der Waals surface area contributed by atoms with Crippen LogP contribution in [-0.4, -0.2) is 45.1 Å². The number of ether oxygens (including phenoxy) is 1. The van der Waals surface area contributed by atoms with Gasteiger partial charge < -0.3 is 15.0 Å². The second-order valence-corrected chi connectivity index (χ2v) is 12.3. The number of nitrogens with zero attached hydrogens (tertiary/aromatic N) is 4. The molecular weight excluding hydrogens is 514 g/mol. The van der Waals surface area contributed by atoms with Crippen molar-refractivity contribution in [2.75, 3.05) is 0 Å². The van der Waals surface area contributed by atoms with E-state index in [2.05, 4.69) is 15.4 Å². The van der Waals surface area contributed by atoms with Gasteiger partial charge >= 0.3 is 6.09 Å². The summed E-state index contributed by atoms with van der Waals surface area (Å²) in [7, 11) is -3.91. The monoisotopic (exact) mass is 539 g/mol. The van der Waals surface area contributed by atoms with Crippen molar-refractivity contribution >= 4 is 43.6 Å². The van der Waals surface area contributed by atoms with Crippen molar-refractivity contribution in [3.63, 3.8) is 0 Å². The van der Waals surface area contributed by atoms with Crippen molar-refractivity contribution in [3.8, 4) is 0 Å². The van der Waals surface area contributed by atoms with E-state index in [1.165, 1.54) is 28.5 Å². The van der Waals surface area contributed by atoms with Gasteiger partial charge in [-0.3, -0.25) is 4.79 Å². The molecule has 1 aliphatic rings. The molecule has 192 valence electrons. The third-order valence-electron chi connectivity index (χ3n) is 5.76. The lowest BCUT2D eigenvalue weighted by Gasteiger charge is -2.26. The first-order chi connectivity index (χ1) is 17.5. The molecule has 0 saturated carbocycles. The number of carbonyl (C=O) groups is 2. The van der Waals surface area contributed by atoms with Gasteiger partial charge in [0.1, 0.15) is 11.6 Å². The first-order valence-electron chi connectivity index (χ1n) is 11.5. The number of rotatable bonds is 5. The molecule has 4 aromatic rings. The fourth-order valence-electron chi connectivity index (χ4n) is 4.05. The van der Waals surface area contributed by atoms with E-state index < -0.39 is 27.8 Å². The van der Waals surface area contributed by atoms with Gasteiger partial charge in [0.25, 0.3) is 15.9 Å². The third kappa shape index (κ3) is 5.07. The number of alkyl carbamates (subject to hydrolysis) is 1. The normalized spacial score (nSPS) is 14.4. The number of aromatic nitrogens is 3. The molecule has 1 unspecified atom stereocenters. The summed E-state index contributed by atoms with van der Waals surface area (Å²) in [5.74, 6) is -0.347. The quantitative estimate of drug-likeness (QED) is 0.409. The highest BCUT2D eigenvalue weighted by molar-refractivity contribution is 7.89. The summed E-state index contributed by atoms with van der Waals surface area (Å²) in [6, 6.07) is 12.7. The van der Waals surface area contributed by atoms with Crippen LogP contribution in [0.1, 0.15) is 43.6 Å². The number of carbonyl (C=O) groups excluding carboxylic acids is 2. The van der Waals surface area contributed by atoms with Gasteiger partial charge in [-0.15, -0.1) is 11.3 Å². The van der Waals surface area contributed by atoms with Crippen molar-refractivity contribution in [1.29, 1.82) is 0 Å². The molecule has 0 bridgehead atoms. The molecule has 0 saturated heterocycles. The predicted octanol–water partition coefficient (Wildman–Crippen LogP) is 3.84. The number of thiazole rings is 1. The average Bonchev–Trinajstić information content (AvgIpc) is 3.56. The molecule has 1 atom stereocenters. The number of nitrogens with one attached hydrogen (secondary N) is 1. The van der Waals surface area contributed by atoms with Gasteiger partial charge in [0.2, 0.25) is 0 Å². The van der Waals surface area contributed by atoms with Gasteiger partial charge in [-0.25, -0.2) is 9.78 Å². The Kier molecular flexibility index (Phi) is 6.24. The smallest absolute Gasteiger partial charge is 0.408 e. The van der Waals surface area contributed by atoms with Gasteiger partial charge in [0.05, 0.1) is 32.9 Å². The zero-order valence-corrected chi connectivity index (χ0v) is 22.0. The fourth-order valence-corrected chi connectivity index (χ4v) is 6.04. The molecule has 0 spiro atoms. The average molecular weight is 540 g/mol. The fraction of sp³-hybridized carbons (Fsp3) is 0.280. The Labute approximate surface area is 217 Å². The molecule has 3 heterocycles. The van der Waals surface area contributed by atoms with E-state index >= 15 is 0 Å². The second kappa shape index (κ2) is 9.27. The number of hydrogen-bond donors (Lipinski definition) is 1. The first-order valence-corrected chi connectivity index (χ1v) is 13.8. The van der Waals surface area contributed by atoms with E-state index in [-0.39, 0.29) is 23.9 Å². The molecule has 0 radical (unpaired) electrons. The molecule has 0 aliphatic carbocycles. The van der Waals surface area contributed by atoms with Crippen LogP contribution in [0.5, 0.6) is 0 Å². The molecule has 2 aromatic carbocycles. The standard InChI is InChI=1S/C25H25N5O5S2/c1-25(2,3)35-24(32)27-22(16-7-5-4-6-8-16)23(31)29-12-17-13-30(28-20(17)14-29)37(33,34)18-9-10-19-21(11-18)36-15-26-19/h4-11,13,15,22H,12,14H2,1-3H3,(H,27,32). The number of amides is 2. The highest BCUT2D eigenvalue weighted by atomic mass is 32.2. The molecular formula is C25H25N5O5S2. The maximum absolute atomic E-state index is 13.5. The Bertz CT molecular complexity index is 1560. The molecule has 37 heavy (non-hydrogen) atoms. The third-order valence-corrected chi connectivity index (χ3v) is 8.08. The van der Waals surface area contributed by atoms with Crippen LogP contribution in [0.2, 0.25) is 0 Å². The van der Waals surface area contributed by atoms with Crippen LogP contribution in [-0.2, 0) is 32.6 Å². The summed E-state index contributed by atoms with van der Waals surface area (Å²) in [4.78, 5) is 31.8. The van der Waals surface area contributed by atoms with Crippen LogP contribution in [0.25, 0.3) is 10.2 Å². The Morgan fingerprint density at radius 3 is 2.57 bits per heavy atom. The molecule has 0 fully saturated rings. The minimum Gasteiger partial charge on any atom is -0.444 e. The maximum atomic E-state index is 13.5. The van der Waals surface area contributed by atoms with Gasteiger partial charge in [0.15, 0.2) is 0 Å². The second-order valence-electron chi connectivity index (χ2n) is 9.64. The number of benzene rings is 2. The van der Waals surface area contributed by atoms with E-state index in [4.69, 9.17) is 4.74 Å². The summed E-state index contributed by atoms with van der Waals surface area (Å²) in [5, 5.41) is 6.97. The van der Waals surface area contributed by atoms with Crippen molar-refractivity contribution in [2.45, 2.75) is 50.4 Å². The topological polar surface area (TPSA) is 123 Å². The Morgan fingerprint density at radius 1 is 1.11 bits per heavy atom. The van der Waals surface area contributed by atoms with Gasteiger partial charge in [0, 0.05) is 18.3 Å². The lowest BCUT2D eigenvalue weighted by Crippen LogP contribution is -2.43. The van der Waals surface area contributed by atoms with Gasteiger partial charge in [-0.1, -0.05) is 30.3 Å². The minimum absolute atomic E-state index is 0.115. The SMILES string of the molecule is CC(C)(C)OC(=O)NC(C(=O)N1Cc2cn(S(=O)(=O)c3ccc4ncsc4c3)nc2C1)c1ccccc1. The van der Waals surface area contributed by atoms with Gasteiger partial charge in [-0.2, -0.15) is 17.6 Å². The van der Waals surface area contributed by atoms with Crippen molar-refractivity contribution in [2.24, 2.45) is 0 Å². The largest absolute Gasteiger partial charge is 0.444 e. The van der Waals surface area contributed by atoms with E-state index in [1.807, 2.05) is 6.07 Å². The summed E-state index contributed by atoms with van der Waals surface area (Å²) < 4.78 is 33.5. The molecule has 1 N–H and O–H groups in total. The molecule has 10 nitrogen and oxygen atoms in total. The molecule has 2 amide bonds. The van der Waals surface area contributed by atoms with E-state index in [0.29, 0.717) is 16.8 Å². The molecule has 2 aromatic heterocycles. The minimum atomic E-state index is -3.91. The van der Waals surface area contributed by atoms with Crippen LogP contribution in [0.3, 0.4) is 0 Å². The van der Waals surface area contributed by atoms with Gasteiger partial charge in [-0.05, 0) is 44.5 Å².